The van der Waals surface area contributed by atoms with E-state index in [0.717, 1.165) is 31.7 Å². The highest BCUT2D eigenvalue weighted by Gasteiger charge is 2.26. The van der Waals surface area contributed by atoms with E-state index in [1.54, 1.807) is 7.11 Å². The molecule has 4 nitrogen and oxygen atoms in total. The molecule has 1 aromatic rings. The third-order valence-electron chi connectivity index (χ3n) is 2.99. The number of piperazine rings is 1. The van der Waals surface area contributed by atoms with E-state index in [2.05, 4.69) is 5.32 Å². The maximum Gasteiger partial charge on any atom is 0.256 e. The maximum atomic E-state index is 12.3. The van der Waals surface area contributed by atoms with Gasteiger partial charge in [0.15, 0.2) is 6.10 Å². The Balaban J connectivity index is 0.00000162. The van der Waals surface area contributed by atoms with Crippen LogP contribution in [0.15, 0.2) is 30.3 Å². The summed E-state index contributed by atoms with van der Waals surface area (Å²) in [5.41, 5.74) is 0.915. The first-order valence-corrected chi connectivity index (χ1v) is 5.90. The third kappa shape index (κ3) is 3.45. The molecule has 1 saturated heterocycles. The van der Waals surface area contributed by atoms with Gasteiger partial charge in [0, 0.05) is 33.3 Å². The standard InChI is InChI=1S/C13H18N2O2.ClH/c1-17-12(11-5-3-2-4-6-11)13(16)15-9-7-14-8-10-15;/h2-6,12,14H,7-10H2,1H3;1H. The van der Waals surface area contributed by atoms with Crippen molar-refractivity contribution in [2.45, 2.75) is 6.10 Å². The van der Waals surface area contributed by atoms with Crippen LogP contribution in [0.1, 0.15) is 11.7 Å². The Labute approximate surface area is 114 Å². The van der Waals surface area contributed by atoms with Gasteiger partial charge >= 0.3 is 0 Å². The minimum atomic E-state index is -0.478. The molecule has 0 bridgehead atoms. The first-order valence-electron chi connectivity index (χ1n) is 5.90. The second-order valence-electron chi connectivity index (χ2n) is 4.10. The summed E-state index contributed by atoms with van der Waals surface area (Å²) in [7, 11) is 1.58. The Morgan fingerprint density at radius 2 is 1.89 bits per heavy atom. The molecule has 100 valence electrons. The van der Waals surface area contributed by atoms with E-state index in [0.29, 0.717) is 0 Å². The molecule has 1 N–H and O–H groups in total. The summed E-state index contributed by atoms with van der Waals surface area (Å²) in [6.45, 7) is 3.23. The number of hydrogen-bond acceptors (Lipinski definition) is 3. The van der Waals surface area contributed by atoms with Gasteiger partial charge in [-0.3, -0.25) is 4.79 Å². The van der Waals surface area contributed by atoms with Crippen molar-refractivity contribution in [2.75, 3.05) is 33.3 Å². The number of carbonyl (C=O) groups is 1. The van der Waals surface area contributed by atoms with Crippen LogP contribution in [-0.2, 0) is 9.53 Å². The van der Waals surface area contributed by atoms with E-state index in [4.69, 9.17) is 4.74 Å². The van der Waals surface area contributed by atoms with Gasteiger partial charge in [-0.05, 0) is 5.56 Å². The lowest BCUT2D eigenvalue weighted by Crippen LogP contribution is -2.48. The van der Waals surface area contributed by atoms with E-state index in [1.165, 1.54) is 0 Å². The lowest BCUT2D eigenvalue weighted by Gasteiger charge is -2.30. The monoisotopic (exact) mass is 270 g/mol. The van der Waals surface area contributed by atoms with Crippen molar-refractivity contribution >= 4 is 18.3 Å². The average molecular weight is 271 g/mol. The highest BCUT2D eigenvalue weighted by Crippen LogP contribution is 2.19. The highest BCUT2D eigenvalue weighted by atomic mass is 35.5. The normalized spacial score (nSPS) is 16.8. The molecule has 0 saturated carbocycles. The number of halogens is 1. The smallest absolute Gasteiger partial charge is 0.256 e. The topological polar surface area (TPSA) is 41.6 Å². The van der Waals surface area contributed by atoms with Gasteiger partial charge < -0.3 is 15.0 Å². The van der Waals surface area contributed by atoms with Gasteiger partial charge in [0.1, 0.15) is 0 Å². The van der Waals surface area contributed by atoms with Crippen LogP contribution >= 0.6 is 12.4 Å². The van der Waals surface area contributed by atoms with Crippen molar-refractivity contribution in [1.29, 1.82) is 0 Å². The minimum absolute atomic E-state index is 0. The molecule has 5 heteroatoms. The Morgan fingerprint density at radius 1 is 1.28 bits per heavy atom. The molecule has 1 aromatic carbocycles. The molecule has 0 aromatic heterocycles. The van der Waals surface area contributed by atoms with E-state index >= 15 is 0 Å². The Bertz CT molecular complexity index is 367. The van der Waals surface area contributed by atoms with Crippen LogP contribution in [0.5, 0.6) is 0 Å². The molecule has 1 heterocycles. The maximum absolute atomic E-state index is 12.3. The molecular formula is C13H19ClN2O2. The van der Waals surface area contributed by atoms with Crippen molar-refractivity contribution in [3.8, 4) is 0 Å². The number of rotatable bonds is 3. The van der Waals surface area contributed by atoms with E-state index in [-0.39, 0.29) is 18.3 Å². The predicted octanol–water partition coefficient (Wildman–Crippen LogP) is 1.23. The number of nitrogens with one attached hydrogen (secondary N) is 1. The molecule has 1 amide bonds. The van der Waals surface area contributed by atoms with Crippen LogP contribution in [-0.4, -0.2) is 44.1 Å². The lowest BCUT2D eigenvalue weighted by molar-refractivity contribution is -0.143. The summed E-state index contributed by atoms with van der Waals surface area (Å²) >= 11 is 0. The zero-order valence-electron chi connectivity index (χ0n) is 10.5. The molecule has 1 aliphatic rings. The number of benzene rings is 1. The zero-order chi connectivity index (χ0) is 12.1. The third-order valence-corrected chi connectivity index (χ3v) is 2.99. The quantitative estimate of drug-likeness (QED) is 0.898. The number of ether oxygens (including phenoxy) is 1. The minimum Gasteiger partial charge on any atom is -0.367 e. The van der Waals surface area contributed by atoms with Gasteiger partial charge in [0.05, 0.1) is 0 Å². The SMILES string of the molecule is COC(C(=O)N1CCNCC1)c1ccccc1.Cl. The number of amides is 1. The Kier molecular flexibility index (Phi) is 6.12. The summed E-state index contributed by atoms with van der Waals surface area (Å²) in [6, 6.07) is 9.63. The first-order chi connectivity index (χ1) is 8.33. The van der Waals surface area contributed by atoms with Crippen molar-refractivity contribution < 1.29 is 9.53 Å². The van der Waals surface area contributed by atoms with Gasteiger partial charge in [-0.1, -0.05) is 30.3 Å². The van der Waals surface area contributed by atoms with Crippen LogP contribution in [0.2, 0.25) is 0 Å². The molecule has 0 aliphatic carbocycles. The number of hydrogen-bond donors (Lipinski definition) is 1. The molecule has 2 rings (SSSR count). The Morgan fingerprint density at radius 3 is 2.44 bits per heavy atom. The molecule has 18 heavy (non-hydrogen) atoms. The van der Waals surface area contributed by atoms with Crippen LogP contribution in [0, 0.1) is 0 Å². The lowest BCUT2D eigenvalue weighted by atomic mass is 10.1. The van der Waals surface area contributed by atoms with Gasteiger partial charge in [-0.25, -0.2) is 0 Å². The second kappa shape index (κ2) is 7.36. The van der Waals surface area contributed by atoms with Gasteiger partial charge in [-0.15, -0.1) is 12.4 Å². The van der Waals surface area contributed by atoms with Crippen LogP contribution in [0.25, 0.3) is 0 Å². The number of methoxy groups -OCH3 is 1. The van der Waals surface area contributed by atoms with Gasteiger partial charge in [0.2, 0.25) is 0 Å². The molecule has 1 fully saturated rings. The molecule has 1 aliphatic heterocycles. The largest absolute Gasteiger partial charge is 0.367 e. The van der Waals surface area contributed by atoms with E-state index in [9.17, 15) is 4.79 Å². The first kappa shape index (κ1) is 15.0. The van der Waals surface area contributed by atoms with Crippen molar-refractivity contribution in [3.63, 3.8) is 0 Å². The van der Waals surface area contributed by atoms with Crippen molar-refractivity contribution in [2.24, 2.45) is 0 Å². The summed E-state index contributed by atoms with van der Waals surface area (Å²) in [4.78, 5) is 14.2. The summed E-state index contributed by atoms with van der Waals surface area (Å²) in [5.74, 6) is 0.0557. The van der Waals surface area contributed by atoms with Crippen LogP contribution < -0.4 is 5.32 Å². The zero-order valence-corrected chi connectivity index (χ0v) is 11.3. The fourth-order valence-corrected chi connectivity index (χ4v) is 2.06. The van der Waals surface area contributed by atoms with Gasteiger partial charge in [0.25, 0.3) is 5.91 Å². The van der Waals surface area contributed by atoms with Crippen molar-refractivity contribution in [3.05, 3.63) is 35.9 Å². The van der Waals surface area contributed by atoms with Gasteiger partial charge in [-0.2, -0.15) is 0 Å². The molecule has 0 radical (unpaired) electrons. The Hall–Kier alpha value is -1.10. The summed E-state index contributed by atoms with van der Waals surface area (Å²) in [5, 5.41) is 3.23. The average Bonchev–Trinajstić information content (AvgIpc) is 2.42. The molecule has 1 unspecified atom stereocenters. The fraction of sp³-hybridized carbons (Fsp3) is 0.462. The number of nitrogens with zero attached hydrogens (tertiary/aromatic N) is 1. The van der Waals surface area contributed by atoms with Crippen LogP contribution in [0.3, 0.4) is 0 Å². The molecule has 0 spiro atoms. The molecule has 1 atom stereocenters. The van der Waals surface area contributed by atoms with Crippen LogP contribution in [0.4, 0.5) is 0 Å². The van der Waals surface area contributed by atoms with E-state index in [1.807, 2.05) is 35.2 Å². The highest BCUT2D eigenvalue weighted by molar-refractivity contribution is 5.85. The summed E-state index contributed by atoms with van der Waals surface area (Å²) in [6.07, 6.45) is -0.478. The van der Waals surface area contributed by atoms with E-state index < -0.39 is 6.10 Å². The second-order valence-corrected chi connectivity index (χ2v) is 4.10. The molecular weight excluding hydrogens is 252 g/mol. The fourth-order valence-electron chi connectivity index (χ4n) is 2.06. The number of carbonyl (C=O) groups excluding carboxylic acids is 1. The van der Waals surface area contributed by atoms with Crippen molar-refractivity contribution in [1.82, 2.24) is 10.2 Å². The summed E-state index contributed by atoms with van der Waals surface area (Å²) < 4.78 is 5.34. The predicted molar refractivity (Wildman–Crippen MR) is 72.9 cm³/mol.